The summed E-state index contributed by atoms with van der Waals surface area (Å²) in [6.07, 6.45) is 7.00. The molecular formula is C19H18N6O. The Bertz CT molecular complexity index is 1040. The molecule has 0 aromatic carbocycles. The molecule has 0 unspecified atom stereocenters. The second kappa shape index (κ2) is 6.23. The Balaban J connectivity index is 1.79. The molecule has 1 aliphatic rings. The Morgan fingerprint density at radius 2 is 2.08 bits per heavy atom. The molecule has 0 atom stereocenters. The van der Waals surface area contributed by atoms with Gasteiger partial charge in [-0.25, -0.2) is 9.97 Å². The van der Waals surface area contributed by atoms with Crippen LogP contribution in [0, 0.1) is 17.2 Å². The maximum absolute atomic E-state index is 12.5. The van der Waals surface area contributed by atoms with Crippen molar-refractivity contribution in [3.63, 3.8) is 0 Å². The predicted octanol–water partition coefficient (Wildman–Crippen LogP) is 3.10. The quantitative estimate of drug-likeness (QED) is 0.713. The van der Waals surface area contributed by atoms with Crippen LogP contribution < -0.4 is 5.32 Å². The van der Waals surface area contributed by atoms with E-state index in [1.165, 1.54) is 6.20 Å². The van der Waals surface area contributed by atoms with Crippen LogP contribution in [0.1, 0.15) is 42.6 Å². The summed E-state index contributed by atoms with van der Waals surface area (Å²) in [6.45, 7) is 3.77. The Kier molecular flexibility index (Phi) is 3.88. The smallest absolute Gasteiger partial charge is 0.169 e. The average molecular weight is 346 g/mol. The molecule has 130 valence electrons. The van der Waals surface area contributed by atoms with Gasteiger partial charge in [0.1, 0.15) is 6.07 Å². The first-order valence-corrected chi connectivity index (χ1v) is 8.62. The molecule has 0 aliphatic heterocycles. The fraction of sp³-hybridized carbons (Fsp3) is 0.316. The van der Waals surface area contributed by atoms with Crippen LogP contribution in [0.2, 0.25) is 0 Å². The zero-order valence-corrected chi connectivity index (χ0v) is 14.6. The molecule has 1 fully saturated rings. The van der Waals surface area contributed by atoms with Gasteiger partial charge in [0.05, 0.1) is 23.0 Å². The lowest BCUT2D eigenvalue weighted by Gasteiger charge is -2.14. The van der Waals surface area contributed by atoms with Gasteiger partial charge in [-0.1, -0.05) is 13.8 Å². The number of carbonyl (C=O) groups excluding carboxylic acids is 1. The zero-order valence-electron chi connectivity index (χ0n) is 14.6. The van der Waals surface area contributed by atoms with Gasteiger partial charge in [0, 0.05) is 35.8 Å². The molecule has 0 bridgehead atoms. The topological polar surface area (TPSA) is 96.5 Å². The standard InChI is InChI=1S/C19H18N6O/c1-11(2)18(26)15-10-21-17(6-16(15)24-14-3-4-14)25-19-13(9-23-25)5-12(7-20)8-22-19/h5-6,8-11,14H,3-4H2,1-2H3,(H,21,24). The predicted molar refractivity (Wildman–Crippen MR) is 97.2 cm³/mol. The number of nitriles is 1. The summed E-state index contributed by atoms with van der Waals surface area (Å²) in [4.78, 5) is 21.3. The zero-order chi connectivity index (χ0) is 18.3. The monoisotopic (exact) mass is 346 g/mol. The van der Waals surface area contributed by atoms with E-state index in [9.17, 15) is 4.79 Å². The number of aromatic nitrogens is 4. The number of fused-ring (bicyclic) bond motifs is 1. The maximum atomic E-state index is 12.5. The van der Waals surface area contributed by atoms with Gasteiger partial charge in [-0.15, -0.1) is 0 Å². The molecule has 7 heteroatoms. The molecule has 0 amide bonds. The van der Waals surface area contributed by atoms with E-state index in [4.69, 9.17) is 5.26 Å². The fourth-order valence-electron chi connectivity index (χ4n) is 2.78. The molecule has 1 saturated carbocycles. The number of hydrogen-bond acceptors (Lipinski definition) is 6. The summed E-state index contributed by atoms with van der Waals surface area (Å²) in [6, 6.07) is 6.07. The van der Waals surface area contributed by atoms with Crippen LogP contribution >= 0.6 is 0 Å². The van der Waals surface area contributed by atoms with Gasteiger partial charge in [-0.05, 0) is 18.9 Å². The summed E-state index contributed by atoms with van der Waals surface area (Å²) in [5.41, 5.74) is 2.50. The summed E-state index contributed by atoms with van der Waals surface area (Å²) in [5, 5.41) is 17.6. The van der Waals surface area contributed by atoms with E-state index in [1.807, 2.05) is 19.9 Å². The van der Waals surface area contributed by atoms with Crippen LogP contribution in [-0.2, 0) is 0 Å². The number of nitrogens with one attached hydrogen (secondary N) is 1. The van der Waals surface area contributed by atoms with Crippen LogP contribution in [0.4, 0.5) is 5.69 Å². The van der Waals surface area contributed by atoms with E-state index in [1.54, 1.807) is 23.1 Å². The highest BCUT2D eigenvalue weighted by molar-refractivity contribution is 6.02. The molecule has 1 aliphatic carbocycles. The highest BCUT2D eigenvalue weighted by Crippen LogP contribution is 2.29. The Morgan fingerprint density at radius 1 is 1.27 bits per heavy atom. The van der Waals surface area contributed by atoms with Crippen molar-refractivity contribution in [3.8, 4) is 11.9 Å². The molecule has 0 spiro atoms. The Morgan fingerprint density at radius 3 is 2.77 bits per heavy atom. The third kappa shape index (κ3) is 2.90. The van der Waals surface area contributed by atoms with Crippen molar-refractivity contribution in [2.45, 2.75) is 32.7 Å². The van der Waals surface area contributed by atoms with Crippen LogP contribution in [0.15, 0.2) is 30.7 Å². The van der Waals surface area contributed by atoms with Gasteiger partial charge in [0.15, 0.2) is 17.2 Å². The minimum Gasteiger partial charge on any atom is -0.382 e. The van der Waals surface area contributed by atoms with E-state index in [0.29, 0.717) is 28.6 Å². The van der Waals surface area contributed by atoms with Crippen LogP contribution in [0.3, 0.4) is 0 Å². The van der Waals surface area contributed by atoms with E-state index in [2.05, 4.69) is 26.5 Å². The van der Waals surface area contributed by atoms with Gasteiger partial charge >= 0.3 is 0 Å². The first-order chi connectivity index (χ1) is 12.6. The number of carbonyl (C=O) groups is 1. The highest BCUT2D eigenvalue weighted by atomic mass is 16.1. The van der Waals surface area contributed by atoms with Gasteiger partial charge in [0.2, 0.25) is 0 Å². The van der Waals surface area contributed by atoms with Gasteiger partial charge in [-0.2, -0.15) is 15.0 Å². The number of rotatable bonds is 5. The molecular weight excluding hydrogens is 328 g/mol. The summed E-state index contributed by atoms with van der Waals surface area (Å²) in [7, 11) is 0. The number of nitrogens with zero attached hydrogens (tertiary/aromatic N) is 5. The van der Waals surface area contributed by atoms with E-state index in [0.717, 1.165) is 23.9 Å². The minimum atomic E-state index is -0.0981. The summed E-state index contributed by atoms with van der Waals surface area (Å²) in [5.74, 6) is 0.550. The minimum absolute atomic E-state index is 0.0642. The van der Waals surface area contributed by atoms with Gasteiger partial charge in [0.25, 0.3) is 0 Å². The number of anilines is 1. The molecule has 1 N–H and O–H groups in total. The second-order valence-corrected chi connectivity index (χ2v) is 6.83. The molecule has 7 nitrogen and oxygen atoms in total. The fourth-order valence-corrected chi connectivity index (χ4v) is 2.78. The molecule has 3 heterocycles. The van der Waals surface area contributed by atoms with E-state index in [-0.39, 0.29) is 11.7 Å². The molecule has 26 heavy (non-hydrogen) atoms. The molecule has 0 saturated heterocycles. The third-order valence-electron chi connectivity index (χ3n) is 4.37. The van der Waals surface area contributed by atoms with Crippen LogP contribution in [0.25, 0.3) is 16.9 Å². The molecule has 3 aromatic heterocycles. The van der Waals surface area contributed by atoms with Gasteiger partial charge in [-0.3, -0.25) is 4.79 Å². The maximum Gasteiger partial charge on any atom is 0.169 e. The lowest BCUT2D eigenvalue weighted by atomic mass is 10.0. The van der Waals surface area contributed by atoms with Gasteiger partial charge < -0.3 is 5.32 Å². The number of hydrogen-bond donors (Lipinski definition) is 1. The van der Waals surface area contributed by atoms with Crippen molar-refractivity contribution in [1.82, 2.24) is 19.7 Å². The Hall–Kier alpha value is -3.27. The van der Waals surface area contributed by atoms with E-state index >= 15 is 0 Å². The Labute approximate surface area is 150 Å². The first kappa shape index (κ1) is 16.2. The molecule has 3 aromatic rings. The molecule has 4 rings (SSSR count). The largest absolute Gasteiger partial charge is 0.382 e. The first-order valence-electron chi connectivity index (χ1n) is 8.62. The summed E-state index contributed by atoms with van der Waals surface area (Å²) < 4.78 is 1.62. The number of Topliss-reactive ketones (excluding diaryl/α,β-unsaturated/α-hetero) is 1. The van der Waals surface area contributed by atoms with E-state index < -0.39 is 0 Å². The highest BCUT2D eigenvalue weighted by Gasteiger charge is 2.25. The summed E-state index contributed by atoms with van der Waals surface area (Å²) >= 11 is 0. The molecule has 0 radical (unpaired) electrons. The third-order valence-corrected chi connectivity index (χ3v) is 4.37. The normalized spacial score (nSPS) is 13.8. The van der Waals surface area contributed by atoms with Crippen molar-refractivity contribution in [2.24, 2.45) is 5.92 Å². The van der Waals surface area contributed by atoms with Crippen molar-refractivity contribution in [2.75, 3.05) is 5.32 Å². The second-order valence-electron chi connectivity index (χ2n) is 6.83. The van der Waals surface area contributed by atoms with Crippen molar-refractivity contribution < 1.29 is 4.79 Å². The SMILES string of the molecule is CC(C)C(=O)c1cnc(-n2ncc3cc(C#N)cnc32)cc1NC1CC1. The lowest BCUT2D eigenvalue weighted by Crippen LogP contribution is -2.14. The average Bonchev–Trinajstić information content (AvgIpc) is 3.36. The van der Waals surface area contributed by atoms with Crippen molar-refractivity contribution >= 4 is 22.5 Å². The van der Waals surface area contributed by atoms with Crippen LogP contribution in [0.5, 0.6) is 0 Å². The van der Waals surface area contributed by atoms with Crippen LogP contribution in [-0.4, -0.2) is 31.6 Å². The number of pyridine rings is 2. The number of ketones is 1. The van der Waals surface area contributed by atoms with Crippen molar-refractivity contribution in [3.05, 3.63) is 41.9 Å². The van der Waals surface area contributed by atoms with Crippen molar-refractivity contribution in [1.29, 1.82) is 5.26 Å². The lowest BCUT2D eigenvalue weighted by molar-refractivity contribution is 0.0940.